The molecule has 0 bridgehead atoms. The second-order valence-electron chi connectivity index (χ2n) is 12.0. The minimum atomic E-state index is -0.376. The van der Waals surface area contributed by atoms with Gasteiger partial charge in [-0.2, -0.15) is 5.26 Å². The number of amides is 2. The lowest BCUT2D eigenvalue weighted by atomic mass is 9.49. The van der Waals surface area contributed by atoms with E-state index in [1.807, 2.05) is 33.8 Å². The molecule has 1 aliphatic heterocycles. The number of piperazine rings is 1. The number of hydrogen-bond donors (Lipinski definition) is 3. The lowest BCUT2D eigenvalue weighted by Gasteiger charge is -2.63. The molecule has 0 radical (unpaired) electrons. The minimum Gasteiger partial charge on any atom is -0.489 e. The summed E-state index contributed by atoms with van der Waals surface area (Å²) in [5, 5.41) is 18.8. The van der Waals surface area contributed by atoms with E-state index in [9.17, 15) is 9.59 Å². The van der Waals surface area contributed by atoms with Crippen LogP contribution in [0.4, 0.5) is 0 Å². The highest BCUT2D eigenvalue weighted by atomic mass is 35.5. The van der Waals surface area contributed by atoms with E-state index < -0.39 is 0 Å². The Balaban J connectivity index is 1.19. The molecule has 0 spiro atoms. The third kappa shape index (κ3) is 7.55. The maximum absolute atomic E-state index is 13.1. The molecule has 4 rings (SSSR count). The Morgan fingerprint density at radius 3 is 2.50 bits per heavy atom. The van der Waals surface area contributed by atoms with E-state index in [-0.39, 0.29) is 41.4 Å². The minimum absolute atomic E-state index is 0.0297. The highest BCUT2D eigenvalue weighted by molar-refractivity contribution is 6.31. The topological polar surface area (TPSA) is 142 Å². The van der Waals surface area contributed by atoms with Crippen LogP contribution in [-0.4, -0.2) is 84.7 Å². The third-order valence-corrected chi connectivity index (χ3v) is 8.31. The number of nitrogens with zero attached hydrogens (tertiary/aromatic N) is 4. The number of halogens is 1. The summed E-state index contributed by atoms with van der Waals surface area (Å²) < 4.78 is 11.9. The Morgan fingerprint density at radius 2 is 1.86 bits per heavy atom. The summed E-state index contributed by atoms with van der Waals surface area (Å²) in [7, 11) is 0. The fraction of sp³-hybridized carbons (Fsp3) is 0.567. The quantitative estimate of drug-likeness (QED) is 0.315. The molecule has 2 amide bonds. The van der Waals surface area contributed by atoms with Crippen molar-refractivity contribution in [3.63, 3.8) is 0 Å². The Bertz CT molecular complexity index is 1270. The first-order chi connectivity index (χ1) is 20.0. The van der Waals surface area contributed by atoms with Crippen LogP contribution in [0.25, 0.3) is 0 Å². The molecular formula is C30H40ClN7O4. The zero-order valence-electron chi connectivity index (χ0n) is 24.7. The maximum Gasteiger partial charge on any atom is 0.254 e. The summed E-state index contributed by atoms with van der Waals surface area (Å²) in [6, 6.07) is 6.90. The highest BCUT2D eigenvalue weighted by Gasteiger charge is 2.64. The van der Waals surface area contributed by atoms with Gasteiger partial charge in [0.25, 0.3) is 5.91 Å². The molecule has 2 heterocycles. The molecule has 226 valence electrons. The van der Waals surface area contributed by atoms with Gasteiger partial charge >= 0.3 is 0 Å². The number of carbonyl (C=O) groups excluding carboxylic acids is 2. The van der Waals surface area contributed by atoms with Gasteiger partial charge in [0.05, 0.1) is 22.7 Å². The van der Waals surface area contributed by atoms with E-state index in [0.717, 1.165) is 26.2 Å². The number of nitrogens with one attached hydrogen (secondary N) is 3. The molecule has 12 heteroatoms. The maximum atomic E-state index is 13.1. The Hall–Kier alpha value is -3.30. The van der Waals surface area contributed by atoms with Crippen LogP contribution in [0.3, 0.4) is 0 Å². The molecule has 3 N–H and O–H groups in total. The molecule has 1 aromatic carbocycles. The number of carbonyl (C=O) groups is 2. The van der Waals surface area contributed by atoms with Crippen molar-refractivity contribution in [1.82, 2.24) is 30.8 Å². The summed E-state index contributed by atoms with van der Waals surface area (Å²) in [6.07, 6.45) is 3.49. The molecule has 2 aliphatic rings. The molecule has 1 aliphatic carbocycles. The molecule has 2 fully saturated rings. The van der Waals surface area contributed by atoms with E-state index in [2.05, 4.69) is 30.8 Å². The van der Waals surface area contributed by atoms with Crippen molar-refractivity contribution in [2.75, 3.05) is 45.9 Å². The smallest absolute Gasteiger partial charge is 0.254 e. The lowest BCUT2D eigenvalue weighted by Crippen LogP contribution is -2.74. The van der Waals surface area contributed by atoms with Crippen molar-refractivity contribution in [3.8, 4) is 11.8 Å². The average molecular weight is 598 g/mol. The Labute approximate surface area is 252 Å². The van der Waals surface area contributed by atoms with Gasteiger partial charge in [0.15, 0.2) is 5.82 Å². The number of rotatable bonds is 12. The van der Waals surface area contributed by atoms with E-state index in [1.165, 1.54) is 12.4 Å². The van der Waals surface area contributed by atoms with Gasteiger partial charge in [0, 0.05) is 74.7 Å². The van der Waals surface area contributed by atoms with Gasteiger partial charge in [-0.15, -0.1) is 0 Å². The van der Waals surface area contributed by atoms with Crippen molar-refractivity contribution in [1.29, 1.82) is 5.26 Å². The first kappa shape index (κ1) is 31.6. The number of benzene rings is 1. The van der Waals surface area contributed by atoms with Crippen molar-refractivity contribution in [3.05, 3.63) is 52.6 Å². The van der Waals surface area contributed by atoms with Crippen molar-refractivity contribution in [2.24, 2.45) is 10.8 Å². The third-order valence-electron chi connectivity index (χ3n) is 7.99. The first-order valence-corrected chi connectivity index (χ1v) is 14.7. The van der Waals surface area contributed by atoms with Gasteiger partial charge in [-0.1, -0.05) is 39.3 Å². The van der Waals surface area contributed by atoms with E-state index in [4.69, 9.17) is 26.3 Å². The van der Waals surface area contributed by atoms with Crippen LogP contribution in [0.15, 0.2) is 30.6 Å². The van der Waals surface area contributed by atoms with E-state index in [1.54, 1.807) is 18.2 Å². The van der Waals surface area contributed by atoms with Gasteiger partial charge < -0.3 is 25.4 Å². The monoisotopic (exact) mass is 597 g/mol. The van der Waals surface area contributed by atoms with Crippen LogP contribution in [0.1, 0.15) is 55.9 Å². The number of ether oxygens (including phenoxy) is 2. The van der Waals surface area contributed by atoms with Crippen molar-refractivity contribution < 1.29 is 19.1 Å². The number of nitriles is 1. The highest BCUT2D eigenvalue weighted by Crippen LogP contribution is 2.55. The molecule has 11 nitrogen and oxygen atoms in total. The SMILES string of the molecule is CC1(C)C(NC(=O)c2cnc(COCCCNC(=O)CN3CCNCC3)nc2)C(C)(C)C1Oc1ccc(C#N)c(Cl)c1. The van der Waals surface area contributed by atoms with Gasteiger partial charge in [-0.25, -0.2) is 9.97 Å². The summed E-state index contributed by atoms with van der Waals surface area (Å²) in [5.41, 5.74) is 0.00120. The molecule has 1 aromatic heterocycles. The van der Waals surface area contributed by atoms with Gasteiger partial charge in [-0.05, 0) is 18.6 Å². The fourth-order valence-electron chi connectivity index (χ4n) is 6.05. The second kappa shape index (κ2) is 13.8. The summed E-state index contributed by atoms with van der Waals surface area (Å²) in [4.78, 5) is 35.8. The first-order valence-electron chi connectivity index (χ1n) is 14.3. The van der Waals surface area contributed by atoms with Crippen LogP contribution in [0, 0.1) is 22.2 Å². The van der Waals surface area contributed by atoms with E-state index in [0.29, 0.717) is 53.8 Å². The Morgan fingerprint density at radius 1 is 1.17 bits per heavy atom. The van der Waals surface area contributed by atoms with Crippen LogP contribution in [0.2, 0.25) is 5.02 Å². The second-order valence-corrected chi connectivity index (χ2v) is 12.4. The molecule has 0 unspecified atom stereocenters. The number of hydrogen-bond acceptors (Lipinski definition) is 9. The molecule has 0 atom stereocenters. The van der Waals surface area contributed by atoms with Crippen LogP contribution in [0.5, 0.6) is 5.75 Å². The average Bonchev–Trinajstić information content (AvgIpc) is 2.97. The fourth-order valence-corrected chi connectivity index (χ4v) is 6.26. The van der Waals surface area contributed by atoms with Crippen molar-refractivity contribution in [2.45, 2.75) is 52.9 Å². The lowest BCUT2D eigenvalue weighted by molar-refractivity contribution is -0.164. The van der Waals surface area contributed by atoms with Gasteiger partial charge in [0.1, 0.15) is 24.5 Å². The van der Waals surface area contributed by atoms with Gasteiger partial charge in [-0.3, -0.25) is 14.5 Å². The van der Waals surface area contributed by atoms with Crippen LogP contribution in [-0.2, 0) is 16.1 Å². The zero-order valence-corrected chi connectivity index (χ0v) is 25.5. The molecule has 42 heavy (non-hydrogen) atoms. The normalized spacial score (nSPS) is 21.0. The summed E-state index contributed by atoms with van der Waals surface area (Å²) >= 11 is 6.18. The summed E-state index contributed by atoms with van der Waals surface area (Å²) in [6.45, 7) is 13.5. The molecule has 2 aromatic rings. The Kier molecular flexibility index (Phi) is 10.4. The zero-order chi connectivity index (χ0) is 30.3. The molecular weight excluding hydrogens is 558 g/mol. The molecule has 1 saturated carbocycles. The predicted molar refractivity (Wildman–Crippen MR) is 158 cm³/mol. The number of aromatic nitrogens is 2. The largest absolute Gasteiger partial charge is 0.489 e. The van der Waals surface area contributed by atoms with Crippen LogP contribution < -0.4 is 20.7 Å². The molecule has 1 saturated heterocycles. The van der Waals surface area contributed by atoms with Crippen molar-refractivity contribution >= 4 is 23.4 Å². The standard InChI is InChI=1S/C30H40ClN7O4/c1-29(2)27(30(3,4)28(29)42-22-7-6-20(15-32)23(31)14-22)37-26(40)21-16-35-24(36-17-21)19-41-13-5-8-34-25(39)18-38-11-9-33-10-12-38/h6-7,14,16-17,27-28,33H,5,8-13,18-19H2,1-4H3,(H,34,39)(H,37,40). The van der Waals surface area contributed by atoms with E-state index >= 15 is 0 Å². The van der Waals surface area contributed by atoms with Crippen LogP contribution >= 0.6 is 11.6 Å². The van der Waals surface area contributed by atoms with Gasteiger partial charge in [0.2, 0.25) is 5.91 Å². The summed E-state index contributed by atoms with van der Waals surface area (Å²) in [5.74, 6) is 0.830. The predicted octanol–water partition coefficient (Wildman–Crippen LogP) is 2.54.